The van der Waals surface area contributed by atoms with Crippen molar-refractivity contribution in [1.29, 1.82) is 0 Å². The molecule has 5 heteroatoms. The number of rotatable bonds is 8. The van der Waals surface area contributed by atoms with Crippen molar-refractivity contribution in [1.82, 2.24) is 10.2 Å². The molecule has 2 amide bonds. The number of hydrogen-bond donors (Lipinski definition) is 1. The van der Waals surface area contributed by atoms with Crippen LogP contribution >= 0.6 is 0 Å². The van der Waals surface area contributed by atoms with Crippen molar-refractivity contribution in [3.05, 3.63) is 106 Å². The lowest BCUT2D eigenvalue weighted by Gasteiger charge is -2.31. The topological polar surface area (TPSA) is 49.4 Å². The average Bonchev–Trinajstić information content (AvgIpc) is 2.76. The minimum absolute atomic E-state index is 0.149. The SMILES string of the molecule is CNC(=O)[C@H](Cc1ccccc1)N(Cc1ccc(F)cc1)C(=O)Cc1cc(C)cc(C)c1. The summed E-state index contributed by atoms with van der Waals surface area (Å²) in [5.41, 5.74) is 4.81. The molecule has 0 aliphatic carbocycles. The van der Waals surface area contributed by atoms with E-state index in [0.717, 1.165) is 27.8 Å². The molecule has 0 saturated carbocycles. The van der Waals surface area contributed by atoms with Gasteiger partial charge in [0, 0.05) is 20.0 Å². The van der Waals surface area contributed by atoms with Gasteiger partial charge in [-0.05, 0) is 42.7 Å². The van der Waals surface area contributed by atoms with E-state index in [1.807, 2.05) is 56.3 Å². The highest BCUT2D eigenvalue weighted by atomic mass is 19.1. The average molecular weight is 433 g/mol. The lowest BCUT2D eigenvalue weighted by molar-refractivity contribution is -0.140. The lowest BCUT2D eigenvalue weighted by Crippen LogP contribution is -2.50. The minimum Gasteiger partial charge on any atom is -0.357 e. The van der Waals surface area contributed by atoms with Crippen LogP contribution < -0.4 is 5.32 Å². The zero-order valence-electron chi connectivity index (χ0n) is 18.8. The molecule has 0 aliphatic rings. The van der Waals surface area contributed by atoms with Gasteiger partial charge in [-0.25, -0.2) is 4.39 Å². The van der Waals surface area contributed by atoms with Gasteiger partial charge in [0.1, 0.15) is 11.9 Å². The van der Waals surface area contributed by atoms with Crippen LogP contribution in [0.25, 0.3) is 0 Å². The second kappa shape index (κ2) is 10.7. The van der Waals surface area contributed by atoms with Crippen molar-refractivity contribution in [2.75, 3.05) is 7.05 Å². The smallest absolute Gasteiger partial charge is 0.242 e. The van der Waals surface area contributed by atoms with E-state index < -0.39 is 6.04 Å². The molecule has 0 heterocycles. The first-order chi connectivity index (χ1) is 15.4. The molecule has 32 heavy (non-hydrogen) atoms. The molecule has 0 saturated heterocycles. The Bertz CT molecular complexity index is 1040. The highest BCUT2D eigenvalue weighted by Crippen LogP contribution is 2.18. The summed E-state index contributed by atoms with van der Waals surface area (Å²) in [6.45, 7) is 4.22. The largest absolute Gasteiger partial charge is 0.357 e. The van der Waals surface area contributed by atoms with Gasteiger partial charge in [0.05, 0.1) is 6.42 Å². The Morgan fingerprint density at radius 2 is 1.50 bits per heavy atom. The Balaban J connectivity index is 1.95. The second-order valence-electron chi connectivity index (χ2n) is 8.14. The maximum Gasteiger partial charge on any atom is 0.242 e. The zero-order chi connectivity index (χ0) is 23.1. The Morgan fingerprint density at radius 1 is 0.875 bits per heavy atom. The summed E-state index contributed by atoms with van der Waals surface area (Å²) in [7, 11) is 1.57. The van der Waals surface area contributed by atoms with Crippen LogP contribution in [0.4, 0.5) is 4.39 Å². The van der Waals surface area contributed by atoms with Gasteiger partial charge in [0.2, 0.25) is 11.8 Å². The summed E-state index contributed by atoms with van der Waals surface area (Å²) in [6, 6.07) is 21.0. The first kappa shape index (κ1) is 23.2. The zero-order valence-corrected chi connectivity index (χ0v) is 18.8. The van der Waals surface area contributed by atoms with E-state index in [1.165, 1.54) is 12.1 Å². The summed E-state index contributed by atoms with van der Waals surface area (Å²) < 4.78 is 13.4. The molecule has 3 aromatic carbocycles. The maximum absolute atomic E-state index is 13.5. The van der Waals surface area contributed by atoms with Gasteiger partial charge in [0.15, 0.2) is 0 Å². The van der Waals surface area contributed by atoms with Crippen LogP contribution in [0.5, 0.6) is 0 Å². The molecule has 0 spiro atoms. The van der Waals surface area contributed by atoms with Gasteiger partial charge in [-0.3, -0.25) is 9.59 Å². The number of benzene rings is 3. The number of carbonyl (C=O) groups excluding carboxylic acids is 2. The molecule has 0 bridgehead atoms. The third kappa shape index (κ3) is 6.27. The number of amides is 2. The number of halogens is 1. The maximum atomic E-state index is 13.5. The van der Waals surface area contributed by atoms with Crippen molar-refractivity contribution >= 4 is 11.8 Å². The second-order valence-corrected chi connectivity index (χ2v) is 8.14. The molecule has 0 aromatic heterocycles. The molecule has 166 valence electrons. The van der Waals surface area contributed by atoms with E-state index in [9.17, 15) is 14.0 Å². The summed E-state index contributed by atoms with van der Waals surface area (Å²) in [5.74, 6) is -0.720. The predicted octanol–water partition coefficient (Wildman–Crippen LogP) is 4.37. The van der Waals surface area contributed by atoms with Crippen LogP contribution in [-0.4, -0.2) is 29.8 Å². The number of nitrogens with one attached hydrogen (secondary N) is 1. The molecule has 3 rings (SSSR count). The number of hydrogen-bond acceptors (Lipinski definition) is 2. The van der Waals surface area contributed by atoms with Gasteiger partial charge in [0.25, 0.3) is 0 Å². The summed E-state index contributed by atoms with van der Waals surface area (Å²) >= 11 is 0. The van der Waals surface area contributed by atoms with E-state index >= 15 is 0 Å². The van der Waals surface area contributed by atoms with Crippen LogP contribution in [0.2, 0.25) is 0 Å². The molecule has 0 unspecified atom stereocenters. The van der Waals surface area contributed by atoms with Crippen LogP contribution in [0.3, 0.4) is 0 Å². The fourth-order valence-corrected chi connectivity index (χ4v) is 3.95. The monoisotopic (exact) mass is 432 g/mol. The molecule has 4 nitrogen and oxygen atoms in total. The van der Waals surface area contributed by atoms with Gasteiger partial charge < -0.3 is 10.2 Å². The normalized spacial score (nSPS) is 11.6. The molecule has 1 N–H and O–H groups in total. The van der Waals surface area contributed by atoms with E-state index in [4.69, 9.17) is 0 Å². The fraction of sp³-hybridized carbons (Fsp3) is 0.259. The fourth-order valence-electron chi connectivity index (χ4n) is 3.95. The highest BCUT2D eigenvalue weighted by Gasteiger charge is 2.29. The summed E-state index contributed by atoms with van der Waals surface area (Å²) in [6.07, 6.45) is 0.576. The summed E-state index contributed by atoms with van der Waals surface area (Å²) in [5, 5.41) is 2.70. The van der Waals surface area contributed by atoms with Crippen molar-refractivity contribution in [3.8, 4) is 0 Å². The molecular formula is C27H29FN2O2. The first-order valence-electron chi connectivity index (χ1n) is 10.7. The molecule has 3 aromatic rings. The van der Waals surface area contributed by atoms with Gasteiger partial charge in [-0.15, -0.1) is 0 Å². The van der Waals surface area contributed by atoms with E-state index in [-0.39, 0.29) is 30.6 Å². The van der Waals surface area contributed by atoms with Crippen molar-refractivity contribution < 1.29 is 14.0 Å². The number of nitrogens with zero attached hydrogens (tertiary/aromatic N) is 1. The molecular weight excluding hydrogens is 403 g/mol. The van der Waals surface area contributed by atoms with Crippen molar-refractivity contribution in [2.45, 2.75) is 39.3 Å². The van der Waals surface area contributed by atoms with E-state index in [1.54, 1.807) is 24.1 Å². The Hall–Kier alpha value is -3.47. The first-order valence-corrected chi connectivity index (χ1v) is 10.7. The number of aryl methyl sites for hydroxylation is 2. The highest BCUT2D eigenvalue weighted by molar-refractivity contribution is 5.88. The minimum atomic E-state index is -0.689. The van der Waals surface area contributed by atoms with Gasteiger partial charge >= 0.3 is 0 Å². The van der Waals surface area contributed by atoms with Crippen LogP contribution in [0.1, 0.15) is 27.8 Å². The lowest BCUT2D eigenvalue weighted by atomic mass is 10.0. The van der Waals surface area contributed by atoms with Crippen LogP contribution in [-0.2, 0) is 29.0 Å². The molecule has 1 atom stereocenters. The Labute approximate surface area is 189 Å². The standard InChI is InChI=1S/C27H29FN2O2/c1-19-13-20(2)15-23(14-19)17-26(31)30(18-22-9-11-24(28)12-10-22)25(27(32)29-3)16-21-7-5-4-6-8-21/h4-15,25H,16-18H2,1-3H3,(H,29,32)/t25-/m0/s1. The van der Waals surface area contributed by atoms with Gasteiger partial charge in [-0.2, -0.15) is 0 Å². The summed E-state index contributed by atoms with van der Waals surface area (Å²) in [4.78, 5) is 28.0. The van der Waals surface area contributed by atoms with Gasteiger partial charge in [-0.1, -0.05) is 71.8 Å². The quantitative estimate of drug-likeness (QED) is 0.575. The Kier molecular flexibility index (Phi) is 7.77. The number of carbonyl (C=O) groups is 2. The third-order valence-corrected chi connectivity index (χ3v) is 5.42. The molecule has 0 radical (unpaired) electrons. The third-order valence-electron chi connectivity index (χ3n) is 5.42. The predicted molar refractivity (Wildman–Crippen MR) is 125 cm³/mol. The Morgan fingerprint density at radius 3 is 2.09 bits per heavy atom. The molecule has 0 fully saturated rings. The van der Waals surface area contributed by atoms with E-state index in [0.29, 0.717) is 6.42 Å². The number of likely N-dealkylation sites (N-methyl/N-ethyl adjacent to an activating group) is 1. The van der Waals surface area contributed by atoms with E-state index in [2.05, 4.69) is 11.4 Å². The van der Waals surface area contributed by atoms with Crippen molar-refractivity contribution in [3.63, 3.8) is 0 Å². The van der Waals surface area contributed by atoms with Crippen LogP contribution in [0, 0.1) is 19.7 Å². The van der Waals surface area contributed by atoms with Crippen molar-refractivity contribution in [2.24, 2.45) is 0 Å². The molecule has 0 aliphatic heterocycles. The van der Waals surface area contributed by atoms with Crippen LogP contribution in [0.15, 0.2) is 72.8 Å².